The van der Waals surface area contributed by atoms with Crippen LogP contribution in [0.3, 0.4) is 0 Å². The number of nitrogens with zero attached hydrogens (tertiary/aromatic N) is 4. The van der Waals surface area contributed by atoms with Crippen molar-refractivity contribution in [1.82, 2.24) is 23.3 Å². The van der Waals surface area contributed by atoms with Crippen molar-refractivity contribution in [3.63, 3.8) is 0 Å². The van der Waals surface area contributed by atoms with Crippen LogP contribution in [0.1, 0.15) is 18.5 Å². The second kappa shape index (κ2) is 6.64. The zero-order valence-corrected chi connectivity index (χ0v) is 16.2. The minimum absolute atomic E-state index is 0.429. The Bertz CT molecular complexity index is 718. The van der Waals surface area contributed by atoms with E-state index in [0.29, 0.717) is 22.8 Å². The van der Waals surface area contributed by atoms with E-state index in [-0.39, 0.29) is 0 Å². The molecule has 1 saturated heterocycles. The van der Waals surface area contributed by atoms with Gasteiger partial charge in [0.05, 0.1) is 29.1 Å². The Balaban J connectivity index is 1.47. The predicted octanol–water partition coefficient (Wildman–Crippen LogP) is 2.99. The lowest BCUT2D eigenvalue weighted by Crippen LogP contribution is -2.21. The third-order valence-corrected chi connectivity index (χ3v) is 6.06. The normalized spacial score (nSPS) is 25.7. The highest BCUT2D eigenvalue weighted by molar-refractivity contribution is 14.1. The van der Waals surface area contributed by atoms with Crippen LogP contribution in [0.25, 0.3) is 0 Å². The SMILES string of the molecule is Cc1cc(Nc2ncc(Cl)c(NC3CC4CNCC4C3)n2)nn1I. The van der Waals surface area contributed by atoms with Crippen LogP contribution < -0.4 is 16.0 Å². The first-order chi connectivity index (χ1) is 11.6. The standard InChI is InChI=1S/C15H19ClIN7/c1-8-2-13(23-24(8)17)21-15-19-7-12(16)14(22-15)20-11-3-9-5-18-6-10(9)4-11/h2,7,9-11,18H,3-6H2,1H3,(H2,19,20,21,22,23). The van der Waals surface area contributed by atoms with Crippen molar-refractivity contribution in [2.45, 2.75) is 25.8 Å². The molecule has 0 aromatic carbocycles. The molecule has 2 aromatic rings. The third-order valence-electron chi connectivity index (χ3n) is 4.81. The van der Waals surface area contributed by atoms with Gasteiger partial charge in [-0.2, -0.15) is 4.98 Å². The largest absolute Gasteiger partial charge is 0.366 e. The van der Waals surface area contributed by atoms with Gasteiger partial charge in [-0.3, -0.25) is 0 Å². The Morgan fingerprint density at radius 1 is 1.33 bits per heavy atom. The average Bonchev–Trinajstić information content (AvgIpc) is 3.19. The van der Waals surface area contributed by atoms with Gasteiger partial charge in [0.15, 0.2) is 11.6 Å². The van der Waals surface area contributed by atoms with Crippen LogP contribution in [0, 0.1) is 18.8 Å². The van der Waals surface area contributed by atoms with Crippen LogP contribution in [0.5, 0.6) is 0 Å². The maximum absolute atomic E-state index is 6.28. The fraction of sp³-hybridized carbons (Fsp3) is 0.533. The van der Waals surface area contributed by atoms with Gasteiger partial charge in [-0.25, -0.2) is 7.88 Å². The molecule has 9 heteroatoms. The van der Waals surface area contributed by atoms with Crippen molar-refractivity contribution >= 4 is 52.0 Å². The second-order valence-electron chi connectivity index (χ2n) is 6.54. The number of halogens is 2. The topological polar surface area (TPSA) is 79.7 Å². The van der Waals surface area contributed by atoms with E-state index >= 15 is 0 Å². The van der Waals surface area contributed by atoms with E-state index in [1.165, 1.54) is 12.8 Å². The first-order valence-corrected chi connectivity index (χ1v) is 9.42. The van der Waals surface area contributed by atoms with Gasteiger partial charge in [-0.05, 0) is 44.7 Å². The molecule has 0 bridgehead atoms. The molecule has 1 aliphatic heterocycles. The molecule has 0 radical (unpaired) electrons. The zero-order chi connectivity index (χ0) is 16.7. The third kappa shape index (κ3) is 3.31. The van der Waals surface area contributed by atoms with Gasteiger partial charge >= 0.3 is 0 Å². The van der Waals surface area contributed by atoms with Gasteiger partial charge in [0.25, 0.3) is 0 Å². The van der Waals surface area contributed by atoms with Gasteiger partial charge in [0, 0.05) is 17.8 Å². The molecule has 2 aliphatic rings. The number of hydrogen-bond donors (Lipinski definition) is 3. The number of nitrogens with one attached hydrogen (secondary N) is 3. The van der Waals surface area contributed by atoms with Crippen LogP contribution >= 0.6 is 34.5 Å². The van der Waals surface area contributed by atoms with Crippen LogP contribution in [-0.2, 0) is 0 Å². The maximum Gasteiger partial charge on any atom is 0.230 e. The number of aromatic nitrogens is 4. The minimum Gasteiger partial charge on any atom is -0.366 e. The summed E-state index contributed by atoms with van der Waals surface area (Å²) in [5, 5.41) is 15.0. The molecule has 0 spiro atoms. The molecule has 3 N–H and O–H groups in total. The Hall–Kier alpha value is -1.13. The summed E-state index contributed by atoms with van der Waals surface area (Å²) < 4.78 is 1.78. The highest BCUT2D eigenvalue weighted by Crippen LogP contribution is 2.36. The summed E-state index contributed by atoms with van der Waals surface area (Å²) in [7, 11) is 0. The molecule has 2 unspecified atom stereocenters. The molecular weight excluding hydrogens is 441 g/mol. The lowest BCUT2D eigenvalue weighted by molar-refractivity contribution is 0.494. The fourth-order valence-corrected chi connectivity index (χ4v) is 4.15. The maximum atomic E-state index is 6.28. The van der Waals surface area contributed by atoms with E-state index in [1.54, 1.807) is 9.09 Å². The van der Waals surface area contributed by atoms with Crippen molar-refractivity contribution in [1.29, 1.82) is 0 Å². The number of rotatable bonds is 4. The molecule has 1 saturated carbocycles. The molecule has 2 aromatic heterocycles. The Kier molecular flexibility index (Phi) is 4.52. The second-order valence-corrected chi connectivity index (χ2v) is 7.86. The van der Waals surface area contributed by atoms with E-state index in [0.717, 1.165) is 36.4 Å². The quantitative estimate of drug-likeness (QED) is 0.610. The van der Waals surface area contributed by atoms with Crippen LogP contribution in [0.2, 0.25) is 5.02 Å². The van der Waals surface area contributed by atoms with Gasteiger partial charge in [-0.1, -0.05) is 11.6 Å². The van der Waals surface area contributed by atoms with E-state index in [1.807, 2.05) is 13.0 Å². The Morgan fingerprint density at radius 3 is 2.75 bits per heavy atom. The van der Waals surface area contributed by atoms with E-state index in [9.17, 15) is 0 Å². The Labute approximate surface area is 159 Å². The molecule has 2 atom stereocenters. The van der Waals surface area contributed by atoms with E-state index < -0.39 is 0 Å². The summed E-state index contributed by atoms with van der Waals surface area (Å²) in [5.41, 5.74) is 1.05. The summed E-state index contributed by atoms with van der Waals surface area (Å²) in [6.45, 7) is 4.25. The van der Waals surface area contributed by atoms with Crippen LogP contribution in [0.4, 0.5) is 17.6 Å². The van der Waals surface area contributed by atoms with Crippen molar-refractivity contribution in [3.05, 3.63) is 23.0 Å². The molecule has 4 rings (SSSR count). The minimum atomic E-state index is 0.429. The first-order valence-electron chi connectivity index (χ1n) is 8.08. The van der Waals surface area contributed by atoms with Crippen LogP contribution in [0.15, 0.2) is 12.3 Å². The van der Waals surface area contributed by atoms with Gasteiger partial charge in [0.2, 0.25) is 5.95 Å². The van der Waals surface area contributed by atoms with Crippen molar-refractivity contribution in [2.24, 2.45) is 11.8 Å². The Morgan fingerprint density at radius 2 is 2.08 bits per heavy atom. The molecule has 0 amide bonds. The number of hydrogen-bond acceptors (Lipinski definition) is 6. The van der Waals surface area contributed by atoms with Crippen molar-refractivity contribution in [3.8, 4) is 0 Å². The summed E-state index contributed by atoms with van der Waals surface area (Å²) in [4.78, 5) is 8.78. The summed E-state index contributed by atoms with van der Waals surface area (Å²) in [5.74, 6) is 3.46. The number of aryl methyl sites for hydroxylation is 1. The van der Waals surface area contributed by atoms with Gasteiger partial charge in [0.1, 0.15) is 5.02 Å². The molecule has 2 fully saturated rings. The van der Waals surface area contributed by atoms with Crippen molar-refractivity contribution in [2.75, 3.05) is 23.7 Å². The molecule has 3 heterocycles. The average molecular weight is 460 g/mol. The van der Waals surface area contributed by atoms with Crippen LogP contribution in [-0.4, -0.2) is 37.1 Å². The van der Waals surface area contributed by atoms with E-state index in [2.05, 4.69) is 53.9 Å². The predicted molar refractivity (Wildman–Crippen MR) is 103 cm³/mol. The lowest BCUT2D eigenvalue weighted by atomic mass is 10.0. The number of anilines is 3. The smallest absolute Gasteiger partial charge is 0.230 e. The molecule has 7 nitrogen and oxygen atoms in total. The molecule has 1 aliphatic carbocycles. The lowest BCUT2D eigenvalue weighted by Gasteiger charge is -2.16. The molecule has 24 heavy (non-hydrogen) atoms. The van der Waals surface area contributed by atoms with Crippen molar-refractivity contribution < 1.29 is 0 Å². The summed E-state index contributed by atoms with van der Waals surface area (Å²) in [6, 6.07) is 2.38. The number of fused-ring (bicyclic) bond motifs is 1. The van der Waals surface area contributed by atoms with Gasteiger partial charge < -0.3 is 16.0 Å². The van der Waals surface area contributed by atoms with Gasteiger partial charge in [-0.15, -0.1) is 5.10 Å². The monoisotopic (exact) mass is 459 g/mol. The van der Waals surface area contributed by atoms with E-state index in [4.69, 9.17) is 11.6 Å². The first kappa shape index (κ1) is 16.3. The zero-order valence-electron chi connectivity index (χ0n) is 13.3. The highest BCUT2D eigenvalue weighted by Gasteiger charge is 2.37. The molecule has 128 valence electrons. The summed E-state index contributed by atoms with van der Waals surface area (Å²) >= 11 is 8.41. The summed E-state index contributed by atoms with van der Waals surface area (Å²) in [6.07, 6.45) is 3.96. The fourth-order valence-electron chi connectivity index (χ4n) is 3.64. The highest BCUT2D eigenvalue weighted by atomic mass is 127. The molecular formula is C15H19ClIN7.